The number of hydrogen-bond acceptors (Lipinski definition) is 2. The van der Waals surface area contributed by atoms with Crippen molar-refractivity contribution in [3.8, 4) is 5.69 Å². The van der Waals surface area contributed by atoms with Gasteiger partial charge in [0, 0.05) is 17.9 Å². The zero-order valence-corrected chi connectivity index (χ0v) is 9.45. The van der Waals surface area contributed by atoms with Crippen molar-refractivity contribution in [2.24, 2.45) is 5.73 Å². The van der Waals surface area contributed by atoms with Crippen LogP contribution in [0.1, 0.15) is 18.7 Å². The van der Waals surface area contributed by atoms with Crippen molar-refractivity contribution in [1.82, 2.24) is 9.55 Å². The highest BCUT2D eigenvalue weighted by Crippen LogP contribution is 2.19. The number of nitrogens with two attached hydrogens (primary N) is 1. The Kier molecular flexibility index (Phi) is 2.94. The molecule has 16 heavy (non-hydrogen) atoms. The summed E-state index contributed by atoms with van der Waals surface area (Å²) in [6, 6.07) is 4.45. The topological polar surface area (TPSA) is 43.8 Å². The summed E-state index contributed by atoms with van der Waals surface area (Å²) >= 11 is 5.60. The first kappa shape index (κ1) is 11.1. The highest BCUT2D eigenvalue weighted by atomic mass is 35.5. The van der Waals surface area contributed by atoms with E-state index in [-0.39, 0.29) is 11.1 Å². The first-order valence-corrected chi connectivity index (χ1v) is 5.20. The lowest BCUT2D eigenvalue weighted by atomic mass is 10.3. The zero-order chi connectivity index (χ0) is 11.7. The van der Waals surface area contributed by atoms with Gasteiger partial charge in [0.15, 0.2) is 0 Å². The Morgan fingerprint density at radius 1 is 1.50 bits per heavy atom. The molecule has 84 valence electrons. The highest BCUT2D eigenvalue weighted by molar-refractivity contribution is 6.30. The number of aromatic nitrogens is 2. The van der Waals surface area contributed by atoms with E-state index < -0.39 is 5.82 Å². The van der Waals surface area contributed by atoms with E-state index in [0.717, 1.165) is 5.69 Å². The maximum Gasteiger partial charge on any atom is 0.143 e. The fraction of sp³-hybridized carbons (Fsp3) is 0.182. The van der Waals surface area contributed by atoms with Gasteiger partial charge in [-0.3, -0.25) is 0 Å². The lowest BCUT2D eigenvalue weighted by molar-refractivity contribution is 0.627. The maximum atomic E-state index is 13.2. The number of hydrogen-bond donors (Lipinski definition) is 1. The summed E-state index contributed by atoms with van der Waals surface area (Å²) < 4.78 is 14.9. The van der Waals surface area contributed by atoms with Crippen LogP contribution in [0.5, 0.6) is 0 Å². The molecule has 1 aromatic carbocycles. The van der Waals surface area contributed by atoms with E-state index in [1.165, 1.54) is 12.1 Å². The largest absolute Gasteiger partial charge is 0.323 e. The molecule has 0 bridgehead atoms. The van der Waals surface area contributed by atoms with Crippen molar-refractivity contribution >= 4 is 11.6 Å². The maximum absolute atomic E-state index is 13.2. The van der Waals surface area contributed by atoms with Crippen molar-refractivity contribution in [3.05, 3.63) is 47.3 Å². The Bertz CT molecular complexity index is 508. The SMILES string of the molecule is C[C@H](N)c1cn(-c2ccc(Cl)c(F)c2)cn1. The second-order valence-electron chi connectivity index (χ2n) is 3.59. The van der Waals surface area contributed by atoms with E-state index in [1.807, 2.05) is 6.92 Å². The summed E-state index contributed by atoms with van der Waals surface area (Å²) in [7, 11) is 0. The predicted octanol–water partition coefficient (Wildman–Crippen LogP) is 2.68. The molecule has 0 aliphatic carbocycles. The smallest absolute Gasteiger partial charge is 0.143 e. The third-order valence-corrected chi connectivity index (χ3v) is 2.58. The van der Waals surface area contributed by atoms with Crippen molar-refractivity contribution < 1.29 is 4.39 Å². The summed E-state index contributed by atoms with van der Waals surface area (Å²) in [4.78, 5) is 4.13. The van der Waals surface area contributed by atoms with Gasteiger partial charge in [0.1, 0.15) is 5.82 Å². The quantitative estimate of drug-likeness (QED) is 0.876. The van der Waals surface area contributed by atoms with E-state index in [4.69, 9.17) is 17.3 Å². The third-order valence-electron chi connectivity index (χ3n) is 2.27. The molecule has 3 nitrogen and oxygen atoms in total. The zero-order valence-electron chi connectivity index (χ0n) is 8.69. The molecule has 2 aromatic rings. The van der Waals surface area contributed by atoms with Gasteiger partial charge in [-0.2, -0.15) is 0 Å². The van der Waals surface area contributed by atoms with E-state index in [1.54, 1.807) is 23.2 Å². The summed E-state index contributed by atoms with van der Waals surface area (Å²) in [5, 5.41) is 0.108. The molecule has 1 heterocycles. The minimum atomic E-state index is -0.449. The van der Waals surface area contributed by atoms with E-state index in [9.17, 15) is 4.39 Å². The fourth-order valence-corrected chi connectivity index (χ4v) is 1.48. The van der Waals surface area contributed by atoms with Crippen LogP contribution in [0.4, 0.5) is 4.39 Å². The van der Waals surface area contributed by atoms with Gasteiger partial charge in [-0.15, -0.1) is 0 Å². The average molecular weight is 240 g/mol. The van der Waals surface area contributed by atoms with Crippen LogP contribution < -0.4 is 5.73 Å². The minimum absolute atomic E-state index is 0.108. The molecule has 5 heteroatoms. The first-order valence-electron chi connectivity index (χ1n) is 4.83. The Labute approximate surface area is 97.7 Å². The van der Waals surface area contributed by atoms with Crippen molar-refractivity contribution in [2.45, 2.75) is 13.0 Å². The van der Waals surface area contributed by atoms with Crippen LogP contribution in [0, 0.1) is 5.82 Å². The molecule has 0 saturated carbocycles. The van der Waals surface area contributed by atoms with Gasteiger partial charge in [-0.25, -0.2) is 9.37 Å². The molecule has 0 aliphatic rings. The Hall–Kier alpha value is -1.39. The lowest BCUT2D eigenvalue weighted by Gasteiger charge is -2.03. The van der Waals surface area contributed by atoms with Gasteiger partial charge < -0.3 is 10.3 Å². The molecular formula is C11H11ClFN3. The number of rotatable bonds is 2. The van der Waals surface area contributed by atoms with Crippen molar-refractivity contribution in [1.29, 1.82) is 0 Å². The molecule has 1 atom stereocenters. The van der Waals surface area contributed by atoms with E-state index in [0.29, 0.717) is 5.69 Å². The van der Waals surface area contributed by atoms with Crippen LogP contribution in [0.15, 0.2) is 30.7 Å². The van der Waals surface area contributed by atoms with Crippen LogP contribution in [0.3, 0.4) is 0 Å². The molecule has 2 rings (SSSR count). The molecule has 0 spiro atoms. The molecule has 1 aromatic heterocycles. The molecule has 2 N–H and O–H groups in total. The normalized spacial score (nSPS) is 12.8. The van der Waals surface area contributed by atoms with Crippen LogP contribution >= 0.6 is 11.6 Å². The number of imidazole rings is 1. The lowest BCUT2D eigenvalue weighted by Crippen LogP contribution is -2.04. The fourth-order valence-electron chi connectivity index (χ4n) is 1.36. The Balaban J connectivity index is 2.39. The van der Waals surface area contributed by atoms with E-state index in [2.05, 4.69) is 4.98 Å². The van der Waals surface area contributed by atoms with Gasteiger partial charge in [-0.05, 0) is 25.1 Å². The Morgan fingerprint density at radius 3 is 2.81 bits per heavy atom. The summed E-state index contributed by atoms with van der Waals surface area (Å²) in [5.74, 6) is -0.449. The second-order valence-corrected chi connectivity index (χ2v) is 4.00. The van der Waals surface area contributed by atoms with Gasteiger partial charge in [0.25, 0.3) is 0 Å². The van der Waals surface area contributed by atoms with Gasteiger partial charge in [0.2, 0.25) is 0 Å². The molecule has 0 unspecified atom stereocenters. The molecule has 0 amide bonds. The van der Waals surface area contributed by atoms with Crippen LogP contribution in [0.2, 0.25) is 5.02 Å². The molecular weight excluding hydrogens is 229 g/mol. The molecule has 0 saturated heterocycles. The van der Waals surface area contributed by atoms with Crippen molar-refractivity contribution in [2.75, 3.05) is 0 Å². The van der Waals surface area contributed by atoms with Gasteiger partial charge in [-0.1, -0.05) is 11.6 Å². The average Bonchev–Trinajstić information content (AvgIpc) is 2.71. The minimum Gasteiger partial charge on any atom is -0.323 e. The van der Waals surface area contributed by atoms with Gasteiger partial charge in [0.05, 0.1) is 17.0 Å². The second kappa shape index (κ2) is 4.23. The number of halogens is 2. The Morgan fingerprint density at radius 2 is 2.25 bits per heavy atom. The molecule has 0 fully saturated rings. The summed E-state index contributed by atoms with van der Waals surface area (Å²) in [5.41, 5.74) is 7.12. The number of benzene rings is 1. The third kappa shape index (κ3) is 2.08. The van der Waals surface area contributed by atoms with Crippen molar-refractivity contribution in [3.63, 3.8) is 0 Å². The monoisotopic (exact) mass is 239 g/mol. The molecule has 0 radical (unpaired) electrons. The molecule has 0 aliphatic heterocycles. The number of nitrogens with zero attached hydrogens (tertiary/aromatic N) is 2. The first-order chi connectivity index (χ1) is 7.58. The summed E-state index contributed by atoms with van der Waals surface area (Å²) in [6.07, 6.45) is 3.37. The standard InChI is InChI=1S/C11H11ClFN3/c1-7(14)11-5-16(6-15-11)8-2-3-9(12)10(13)4-8/h2-7H,14H2,1H3/t7-/m0/s1. The summed E-state index contributed by atoms with van der Waals surface area (Å²) in [6.45, 7) is 1.84. The van der Waals surface area contributed by atoms with Gasteiger partial charge >= 0.3 is 0 Å². The van der Waals surface area contributed by atoms with Crippen LogP contribution in [0.25, 0.3) is 5.69 Å². The highest BCUT2D eigenvalue weighted by Gasteiger charge is 2.06. The van der Waals surface area contributed by atoms with Crippen LogP contribution in [-0.4, -0.2) is 9.55 Å². The predicted molar refractivity (Wildman–Crippen MR) is 61.1 cm³/mol. The van der Waals surface area contributed by atoms with Crippen LogP contribution in [-0.2, 0) is 0 Å². The van der Waals surface area contributed by atoms with E-state index >= 15 is 0 Å².